The van der Waals surface area contributed by atoms with Crippen LogP contribution in [-0.4, -0.2) is 42.0 Å². The van der Waals surface area contributed by atoms with E-state index in [1.54, 1.807) is 12.1 Å². The Morgan fingerprint density at radius 3 is 2.55 bits per heavy atom. The fourth-order valence-electron chi connectivity index (χ4n) is 2.96. The Morgan fingerprint density at radius 2 is 1.86 bits per heavy atom. The molecule has 2 amide bonds. The smallest absolute Gasteiger partial charge is 0.252 e. The molecule has 5 nitrogen and oxygen atoms in total. The normalized spacial score (nSPS) is 24.6. The third-order valence-electron chi connectivity index (χ3n) is 4.47. The molecule has 1 aromatic rings. The van der Waals surface area contributed by atoms with Gasteiger partial charge >= 0.3 is 0 Å². The molecule has 0 bridgehead atoms. The maximum Gasteiger partial charge on any atom is 0.252 e. The second-order valence-electron chi connectivity index (χ2n) is 6.22. The monoisotopic (exact) mass is 301 g/mol. The quantitative estimate of drug-likeness (QED) is 0.886. The van der Waals surface area contributed by atoms with E-state index in [0.29, 0.717) is 11.6 Å². The summed E-state index contributed by atoms with van der Waals surface area (Å²) in [7, 11) is 1.88. The van der Waals surface area contributed by atoms with Crippen LogP contribution in [0.1, 0.15) is 42.5 Å². The Balaban J connectivity index is 1.56. The van der Waals surface area contributed by atoms with Crippen molar-refractivity contribution in [3.05, 3.63) is 35.9 Å². The van der Waals surface area contributed by atoms with Gasteiger partial charge in [-0.1, -0.05) is 18.2 Å². The van der Waals surface area contributed by atoms with Crippen LogP contribution in [0.15, 0.2) is 30.3 Å². The van der Waals surface area contributed by atoms with E-state index >= 15 is 0 Å². The number of nitrogens with zero attached hydrogens (tertiary/aromatic N) is 1. The summed E-state index contributed by atoms with van der Waals surface area (Å²) in [4.78, 5) is 26.5. The van der Waals surface area contributed by atoms with Crippen molar-refractivity contribution in [3.8, 4) is 0 Å². The number of carbonyl (C=O) groups excluding carboxylic acids is 2. The fraction of sp³-hybridized carbons (Fsp3) is 0.529. The van der Waals surface area contributed by atoms with E-state index < -0.39 is 0 Å². The number of carbonyl (C=O) groups is 2. The molecule has 22 heavy (non-hydrogen) atoms. The molecule has 1 heterocycles. The predicted molar refractivity (Wildman–Crippen MR) is 84.3 cm³/mol. The van der Waals surface area contributed by atoms with E-state index in [9.17, 15) is 9.59 Å². The molecule has 1 saturated carbocycles. The van der Waals surface area contributed by atoms with Gasteiger partial charge in [0.15, 0.2) is 0 Å². The van der Waals surface area contributed by atoms with Gasteiger partial charge < -0.3 is 10.2 Å². The van der Waals surface area contributed by atoms with E-state index in [0.717, 1.165) is 32.1 Å². The number of likely N-dealkylation sites (N-methyl/N-ethyl adjacent to an activating group) is 1. The third kappa shape index (κ3) is 3.47. The highest BCUT2D eigenvalue weighted by Gasteiger charge is 2.35. The summed E-state index contributed by atoms with van der Waals surface area (Å²) < 4.78 is 0. The molecule has 0 spiro atoms. The highest BCUT2D eigenvalue weighted by molar-refractivity contribution is 5.94. The minimum absolute atomic E-state index is 0.0956. The molecule has 1 saturated heterocycles. The number of nitrogens with one attached hydrogen (secondary N) is 2. The molecule has 2 aliphatic rings. The van der Waals surface area contributed by atoms with Crippen LogP contribution in [0.2, 0.25) is 0 Å². The highest BCUT2D eigenvalue weighted by Crippen LogP contribution is 2.26. The van der Waals surface area contributed by atoms with E-state index in [1.807, 2.05) is 30.1 Å². The van der Waals surface area contributed by atoms with Crippen molar-refractivity contribution in [1.82, 2.24) is 15.5 Å². The van der Waals surface area contributed by atoms with Crippen molar-refractivity contribution in [2.45, 2.75) is 50.4 Å². The molecule has 5 heteroatoms. The van der Waals surface area contributed by atoms with Gasteiger partial charge in [-0.05, 0) is 44.2 Å². The lowest BCUT2D eigenvalue weighted by Crippen LogP contribution is -2.57. The van der Waals surface area contributed by atoms with Gasteiger partial charge in [0.05, 0.1) is 12.2 Å². The zero-order valence-corrected chi connectivity index (χ0v) is 12.9. The number of hydrogen-bond acceptors (Lipinski definition) is 3. The summed E-state index contributed by atoms with van der Waals surface area (Å²) >= 11 is 0. The largest absolute Gasteiger partial charge is 0.341 e. The minimum atomic E-state index is -0.180. The molecule has 1 aliphatic heterocycles. The number of piperidine rings is 1. The lowest BCUT2D eigenvalue weighted by atomic mass is 10.0. The van der Waals surface area contributed by atoms with Crippen LogP contribution in [0, 0.1) is 0 Å². The average molecular weight is 301 g/mol. The molecular weight excluding hydrogens is 278 g/mol. The van der Waals surface area contributed by atoms with Crippen LogP contribution in [0.5, 0.6) is 0 Å². The van der Waals surface area contributed by atoms with Gasteiger partial charge in [-0.25, -0.2) is 0 Å². The van der Waals surface area contributed by atoms with Crippen molar-refractivity contribution in [3.63, 3.8) is 0 Å². The highest BCUT2D eigenvalue weighted by atomic mass is 16.2. The van der Waals surface area contributed by atoms with Gasteiger partial charge in [0, 0.05) is 18.7 Å². The third-order valence-corrected chi connectivity index (χ3v) is 4.47. The first-order valence-electron chi connectivity index (χ1n) is 8.04. The molecule has 0 aromatic heterocycles. The lowest BCUT2D eigenvalue weighted by molar-refractivity contribution is -0.133. The predicted octanol–water partition coefficient (Wildman–Crippen LogP) is 1.51. The molecule has 2 N–H and O–H groups in total. The van der Waals surface area contributed by atoms with E-state index in [1.165, 1.54) is 0 Å². The van der Waals surface area contributed by atoms with Crippen molar-refractivity contribution in [1.29, 1.82) is 0 Å². The first-order chi connectivity index (χ1) is 10.6. The molecule has 2 fully saturated rings. The number of rotatable bonds is 4. The lowest BCUT2D eigenvalue weighted by Gasteiger charge is -2.33. The minimum Gasteiger partial charge on any atom is -0.341 e. The van der Waals surface area contributed by atoms with Gasteiger partial charge in [-0.15, -0.1) is 0 Å². The van der Waals surface area contributed by atoms with Gasteiger partial charge in [0.2, 0.25) is 5.91 Å². The Hall–Kier alpha value is -1.88. The number of hydrogen-bond donors (Lipinski definition) is 2. The van der Waals surface area contributed by atoms with Crippen molar-refractivity contribution in [2.24, 2.45) is 0 Å². The van der Waals surface area contributed by atoms with Crippen LogP contribution in [0.4, 0.5) is 0 Å². The van der Waals surface area contributed by atoms with Crippen molar-refractivity contribution in [2.75, 3.05) is 7.05 Å². The van der Waals surface area contributed by atoms with Crippen molar-refractivity contribution < 1.29 is 9.59 Å². The van der Waals surface area contributed by atoms with Crippen LogP contribution in [-0.2, 0) is 4.79 Å². The summed E-state index contributed by atoms with van der Waals surface area (Å²) in [6.45, 7) is 0. The summed E-state index contributed by atoms with van der Waals surface area (Å²) in [5.74, 6) is 0.0582. The van der Waals surface area contributed by atoms with E-state index in [-0.39, 0.29) is 24.0 Å². The fourth-order valence-corrected chi connectivity index (χ4v) is 2.96. The number of amides is 2. The molecule has 0 radical (unpaired) electrons. The Bertz CT molecular complexity index is 542. The maximum atomic E-state index is 12.4. The topological polar surface area (TPSA) is 61.4 Å². The standard InChI is InChI=1S/C17H23N3O2/c1-20(13-10-11-13)17(22)14-8-5-9-15(18-14)19-16(21)12-6-3-2-4-7-12/h2-4,6-7,13-15,18H,5,8-11H2,1H3,(H,19,21). The van der Waals surface area contributed by atoms with E-state index in [4.69, 9.17) is 0 Å². The van der Waals surface area contributed by atoms with E-state index in [2.05, 4.69) is 10.6 Å². The summed E-state index contributed by atoms with van der Waals surface area (Å²) in [5.41, 5.74) is 0.646. The Kier molecular flexibility index (Phi) is 4.43. The molecule has 2 unspecified atom stereocenters. The van der Waals surface area contributed by atoms with Crippen LogP contribution >= 0.6 is 0 Å². The summed E-state index contributed by atoms with van der Waals surface area (Å²) in [6, 6.07) is 9.41. The number of benzene rings is 1. The zero-order valence-electron chi connectivity index (χ0n) is 12.9. The second-order valence-corrected chi connectivity index (χ2v) is 6.22. The van der Waals surface area contributed by atoms with Crippen LogP contribution < -0.4 is 10.6 Å². The SMILES string of the molecule is CN(C(=O)C1CCCC(NC(=O)c2ccccc2)N1)C1CC1. The molecule has 3 rings (SSSR count). The summed E-state index contributed by atoms with van der Waals surface area (Å²) in [5, 5.41) is 6.28. The van der Waals surface area contributed by atoms with Crippen LogP contribution in [0.3, 0.4) is 0 Å². The van der Waals surface area contributed by atoms with Crippen molar-refractivity contribution >= 4 is 11.8 Å². The summed E-state index contributed by atoms with van der Waals surface area (Å²) in [6.07, 6.45) is 4.74. The maximum absolute atomic E-state index is 12.4. The first-order valence-corrected chi connectivity index (χ1v) is 8.04. The van der Waals surface area contributed by atoms with Gasteiger partial charge in [-0.2, -0.15) is 0 Å². The second kappa shape index (κ2) is 6.48. The molecule has 2 atom stereocenters. The molecule has 1 aliphatic carbocycles. The first kappa shape index (κ1) is 15.0. The average Bonchev–Trinajstić information content (AvgIpc) is 3.39. The molecule has 1 aromatic carbocycles. The van der Waals surface area contributed by atoms with Gasteiger partial charge in [-0.3, -0.25) is 14.9 Å². The zero-order chi connectivity index (χ0) is 15.5. The van der Waals surface area contributed by atoms with Gasteiger partial charge in [0.1, 0.15) is 0 Å². The Labute approximate surface area is 131 Å². The Morgan fingerprint density at radius 1 is 1.14 bits per heavy atom. The van der Waals surface area contributed by atoms with Gasteiger partial charge in [0.25, 0.3) is 5.91 Å². The van der Waals surface area contributed by atoms with Crippen LogP contribution in [0.25, 0.3) is 0 Å². The molecule has 118 valence electrons. The molecular formula is C17H23N3O2.